The standard InChI is InChI=1S/C23H31NO3.ClH/c1-16(2)19-11-8-12-20(17(3)4)22(19)26-13-14-27-23(25)21(24)15-18-9-6-5-7-10-18;/h5-12,16-17,21H,13-15,24H2,1-4H3;1H/t21-;/m0./s1. The molecule has 154 valence electrons. The van der Waals surface area contributed by atoms with E-state index in [0.29, 0.717) is 24.9 Å². The summed E-state index contributed by atoms with van der Waals surface area (Å²) in [5, 5.41) is 0. The highest BCUT2D eigenvalue weighted by molar-refractivity contribution is 5.85. The highest BCUT2D eigenvalue weighted by Gasteiger charge is 2.17. The molecule has 0 aliphatic carbocycles. The number of ether oxygens (including phenoxy) is 2. The Morgan fingerprint density at radius 3 is 2.00 bits per heavy atom. The van der Waals surface area contributed by atoms with Crippen LogP contribution in [0.4, 0.5) is 0 Å². The molecule has 2 aromatic carbocycles. The summed E-state index contributed by atoms with van der Waals surface area (Å²) in [6.07, 6.45) is 0.466. The van der Waals surface area contributed by atoms with Gasteiger partial charge in [-0.3, -0.25) is 4.79 Å². The van der Waals surface area contributed by atoms with Crippen LogP contribution in [0.1, 0.15) is 56.2 Å². The third-order valence-corrected chi connectivity index (χ3v) is 4.50. The molecule has 2 aromatic rings. The molecule has 0 heterocycles. The van der Waals surface area contributed by atoms with Gasteiger partial charge in [-0.1, -0.05) is 76.2 Å². The molecule has 2 rings (SSSR count). The maximum absolute atomic E-state index is 12.1. The first-order valence-electron chi connectivity index (χ1n) is 9.61. The molecule has 5 heteroatoms. The van der Waals surface area contributed by atoms with E-state index in [2.05, 4.69) is 45.9 Å². The average Bonchev–Trinajstić information content (AvgIpc) is 2.65. The lowest BCUT2D eigenvalue weighted by Crippen LogP contribution is -2.35. The highest BCUT2D eigenvalue weighted by atomic mass is 35.5. The molecule has 0 bridgehead atoms. The smallest absolute Gasteiger partial charge is 0.323 e. The molecule has 0 amide bonds. The molecular weight excluding hydrogens is 374 g/mol. The molecule has 0 saturated heterocycles. The summed E-state index contributed by atoms with van der Waals surface area (Å²) >= 11 is 0. The summed E-state index contributed by atoms with van der Waals surface area (Å²) < 4.78 is 11.3. The second-order valence-corrected chi connectivity index (χ2v) is 7.39. The number of esters is 1. The molecule has 0 fully saturated rings. The SMILES string of the molecule is CC(C)c1cccc(C(C)C)c1OCCOC(=O)[C@@H](N)Cc1ccccc1.Cl. The lowest BCUT2D eigenvalue weighted by atomic mass is 9.94. The fourth-order valence-electron chi connectivity index (χ4n) is 2.99. The number of carbonyl (C=O) groups excluding carboxylic acids is 1. The van der Waals surface area contributed by atoms with Crippen LogP contribution in [0, 0.1) is 0 Å². The van der Waals surface area contributed by atoms with Gasteiger partial charge < -0.3 is 15.2 Å². The summed E-state index contributed by atoms with van der Waals surface area (Å²) in [5.74, 6) is 1.23. The Hall–Kier alpha value is -2.04. The maximum atomic E-state index is 12.1. The Morgan fingerprint density at radius 2 is 1.46 bits per heavy atom. The Bertz CT molecular complexity index is 706. The minimum absolute atomic E-state index is 0. The van der Waals surface area contributed by atoms with Gasteiger partial charge in [0.05, 0.1) is 0 Å². The predicted molar refractivity (Wildman–Crippen MR) is 116 cm³/mol. The lowest BCUT2D eigenvalue weighted by Gasteiger charge is -2.20. The van der Waals surface area contributed by atoms with Crippen molar-refractivity contribution >= 4 is 18.4 Å². The first kappa shape index (κ1) is 24.0. The number of halogens is 1. The Labute approximate surface area is 174 Å². The second kappa shape index (κ2) is 11.7. The number of hydrogen-bond donors (Lipinski definition) is 1. The minimum Gasteiger partial charge on any atom is -0.489 e. The number of hydrogen-bond acceptors (Lipinski definition) is 4. The number of carbonyl (C=O) groups is 1. The minimum atomic E-state index is -0.665. The Balaban J connectivity index is 0.00000392. The quantitative estimate of drug-likeness (QED) is 0.478. The van der Waals surface area contributed by atoms with Crippen LogP contribution in [-0.4, -0.2) is 25.2 Å². The number of rotatable bonds is 9. The largest absolute Gasteiger partial charge is 0.489 e. The van der Waals surface area contributed by atoms with Crippen LogP contribution in [0.2, 0.25) is 0 Å². The van der Waals surface area contributed by atoms with Gasteiger partial charge in [0.2, 0.25) is 0 Å². The molecule has 0 aliphatic heterocycles. The van der Waals surface area contributed by atoms with Gasteiger partial charge in [-0.25, -0.2) is 0 Å². The van der Waals surface area contributed by atoms with E-state index in [1.807, 2.05) is 30.3 Å². The van der Waals surface area contributed by atoms with Crippen LogP contribution in [0.3, 0.4) is 0 Å². The van der Waals surface area contributed by atoms with E-state index < -0.39 is 12.0 Å². The fourth-order valence-corrected chi connectivity index (χ4v) is 2.99. The van der Waals surface area contributed by atoms with E-state index in [0.717, 1.165) is 11.3 Å². The molecule has 28 heavy (non-hydrogen) atoms. The van der Waals surface area contributed by atoms with Gasteiger partial charge in [-0.15, -0.1) is 12.4 Å². The summed E-state index contributed by atoms with van der Waals surface area (Å²) in [6, 6.07) is 15.3. The van der Waals surface area contributed by atoms with Crippen molar-refractivity contribution in [2.75, 3.05) is 13.2 Å². The molecule has 0 spiro atoms. The predicted octanol–water partition coefficient (Wildman–Crippen LogP) is 4.85. The van der Waals surface area contributed by atoms with Gasteiger partial charge in [0.1, 0.15) is 25.0 Å². The number of para-hydroxylation sites is 1. The zero-order valence-corrected chi connectivity index (χ0v) is 18.0. The van der Waals surface area contributed by atoms with Crippen molar-refractivity contribution in [1.29, 1.82) is 0 Å². The van der Waals surface area contributed by atoms with Crippen LogP contribution in [-0.2, 0) is 16.0 Å². The van der Waals surface area contributed by atoms with Crippen molar-refractivity contribution in [3.05, 3.63) is 65.2 Å². The summed E-state index contributed by atoms with van der Waals surface area (Å²) in [4.78, 5) is 12.1. The monoisotopic (exact) mass is 405 g/mol. The van der Waals surface area contributed by atoms with E-state index >= 15 is 0 Å². The van der Waals surface area contributed by atoms with E-state index in [1.54, 1.807) is 0 Å². The summed E-state index contributed by atoms with van der Waals surface area (Å²) in [7, 11) is 0. The first-order chi connectivity index (χ1) is 12.9. The van der Waals surface area contributed by atoms with Crippen LogP contribution < -0.4 is 10.5 Å². The summed E-state index contributed by atoms with van der Waals surface area (Å²) in [5.41, 5.74) is 9.32. The molecule has 0 radical (unpaired) electrons. The molecule has 4 nitrogen and oxygen atoms in total. The van der Waals surface area contributed by atoms with Gasteiger partial charge >= 0.3 is 5.97 Å². The van der Waals surface area contributed by atoms with Crippen molar-refractivity contribution in [2.45, 2.75) is 52.0 Å². The molecule has 0 saturated carbocycles. The molecule has 0 aliphatic rings. The molecule has 2 N–H and O–H groups in total. The first-order valence-corrected chi connectivity index (χ1v) is 9.61. The van der Waals surface area contributed by atoms with Gasteiger partial charge in [-0.2, -0.15) is 0 Å². The van der Waals surface area contributed by atoms with Crippen molar-refractivity contribution in [3.63, 3.8) is 0 Å². The van der Waals surface area contributed by atoms with E-state index in [1.165, 1.54) is 11.1 Å². The van der Waals surface area contributed by atoms with E-state index in [4.69, 9.17) is 15.2 Å². The molecular formula is C23H32ClNO3. The normalized spacial score (nSPS) is 11.8. The van der Waals surface area contributed by atoms with E-state index in [-0.39, 0.29) is 19.0 Å². The zero-order chi connectivity index (χ0) is 19.8. The van der Waals surface area contributed by atoms with Gasteiger partial charge in [0.15, 0.2) is 0 Å². The van der Waals surface area contributed by atoms with Gasteiger partial charge in [0, 0.05) is 0 Å². The number of nitrogens with two attached hydrogens (primary N) is 1. The third kappa shape index (κ3) is 6.84. The van der Waals surface area contributed by atoms with Gasteiger partial charge in [-0.05, 0) is 34.9 Å². The molecule has 0 aromatic heterocycles. The molecule has 0 unspecified atom stereocenters. The summed E-state index contributed by atoms with van der Waals surface area (Å²) in [6.45, 7) is 9.09. The van der Waals surface area contributed by atoms with Crippen LogP contribution >= 0.6 is 12.4 Å². The lowest BCUT2D eigenvalue weighted by molar-refractivity contribution is -0.145. The van der Waals surface area contributed by atoms with E-state index in [9.17, 15) is 4.79 Å². The zero-order valence-electron chi connectivity index (χ0n) is 17.2. The number of benzene rings is 2. The maximum Gasteiger partial charge on any atom is 0.323 e. The van der Waals surface area contributed by atoms with Crippen LogP contribution in [0.5, 0.6) is 5.75 Å². The second-order valence-electron chi connectivity index (χ2n) is 7.39. The molecule has 1 atom stereocenters. The Kier molecular flexibility index (Phi) is 10.0. The van der Waals surface area contributed by atoms with Crippen molar-refractivity contribution < 1.29 is 14.3 Å². The van der Waals surface area contributed by atoms with Crippen LogP contribution in [0.25, 0.3) is 0 Å². The van der Waals surface area contributed by atoms with Gasteiger partial charge in [0.25, 0.3) is 0 Å². The highest BCUT2D eigenvalue weighted by Crippen LogP contribution is 2.34. The fraction of sp³-hybridized carbons (Fsp3) is 0.435. The van der Waals surface area contributed by atoms with Crippen molar-refractivity contribution in [2.24, 2.45) is 5.73 Å². The average molecular weight is 406 g/mol. The van der Waals surface area contributed by atoms with Crippen molar-refractivity contribution in [3.8, 4) is 5.75 Å². The Morgan fingerprint density at radius 1 is 0.893 bits per heavy atom. The topological polar surface area (TPSA) is 61.5 Å². The third-order valence-electron chi connectivity index (χ3n) is 4.50. The van der Waals surface area contributed by atoms with Crippen molar-refractivity contribution in [1.82, 2.24) is 0 Å². The van der Waals surface area contributed by atoms with Crippen LogP contribution in [0.15, 0.2) is 48.5 Å².